The van der Waals surface area contributed by atoms with Crippen LogP contribution in [0.15, 0.2) is 73.7 Å². The van der Waals surface area contributed by atoms with Gasteiger partial charge >= 0.3 is 6.01 Å². The fraction of sp³-hybridized carbons (Fsp3) is 0.103. The molecule has 39 heavy (non-hydrogen) atoms. The lowest BCUT2D eigenvalue weighted by molar-refractivity contribution is -0.111. The van der Waals surface area contributed by atoms with Crippen molar-refractivity contribution in [3.63, 3.8) is 0 Å². The maximum atomic E-state index is 11.7. The number of carbonyl (C=O) groups is 1. The number of carbonyl (C=O) groups excluding carboxylic acids is 1. The minimum Gasteiger partial charge on any atom is -0.493 e. The van der Waals surface area contributed by atoms with Crippen molar-refractivity contribution in [3.8, 4) is 46.0 Å². The van der Waals surface area contributed by atoms with E-state index in [-0.39, 0.29) is 17.6 Å². The molecule has 5 rings (SSSR count). The quantitative estimate of drug-likeness (QED) is 0.292. The van der Waals surface area contributed by atoms with E-state index >= 15 is 0 Å². The van der Waals surface area contributed by atoms with Gasteiger partial charge in [0, 0.05) is 30.2 Å². The Labute approximate surface area is 224 Å². The van der Waals surface area contributed by atoms with Gasteiger partial charge in [-0.25, -0.2) is 19.9 Å². The minimum absolute atomic E-state index is 0.204. The summed E-state index contributed by atoms with van der Waals surface area (Å²) in [6.07, 6.45) is 4.21. The summed E-state index contributed by atoms with van der Waals surface area (Å²) in [5.74, 6) is 0.596. The second kappa shape index (κ2) is 10.4. The van der Waals surface area contributed by atoms with Crippen LogP contribution in [0.5, 0.6) is 17.5 Å². The zero-order valence-corrected chi connectivity index (χ0v) is 21.5. The van der Waals surface area contributed by atoms with Crippen molar-refractivity contribution < 1.29 is 14.3 Å². The van der Waals surface area contributed by atoms with Crippen molar-refractivity contribution in [2.24, 2.45) is 7.05 Å². The highest BCUT2D eigenvalue weighted by Gasteiger charge is 2.24. The van der Waals surface area contributed by atoms with Crippen LogP contribution in [0.25, 0.3) is 33.4 Å². The van der Waals surface area contributed by atoms with Crippen molar-refractivity contribution in [2.75, 3.05) is 12.4 Å². The fourth-order valence-electron chi connectivity index (χ4n) is 4.34. The lowest BCUT2D eigenvalue weighted by Crippen LogP contribution is -2.06. The summed E-state index contributed by atoms with van der Waals surface area (Å²) in [7, 11) is 3.43. The van der Waals surface area contributed by atoms with E-state index in [4.69, 9.17) is 9.47 Å². The Kier molecular flexibility index (Phi) is 6.72. The molecule has 192 valence electrons. The summed E-state index contributed by atoms with van der Waals surface area (Å²) in [6, 6.07) is 17.0. The Bertz CT molecular complexity index is 1770. The van der Waals surface area contributed by atoms with Crippen LogP contribution in [-0.2, 0) is 11.8 Å². The summed E-state index contributed by atoms with van der Waals surface area (Å²) in [6.45, 7) is 5.34. The largest absolute Gasteiger partial charge is 0.493 e. The third-order valence-electron chi connectivity index (χ3n) is 6.11. The molecule has 0 saturated carbocycles. The topological polar surface area (TPSA) is 128 Å². The van der Waals surface area contributed by atoms with E-state index in [0.717, 1.165) is 28.1 Å². The molecule has 0 unspecified atom stereocenters. The highest BCUT2D eigenvalue weighted by molar-refractivity contribution is 6.05. The Morgan fingerprint density at radius 1 is 1.08 bits per heavy atom. The van der Waals surface area contributed by atoms with Crippen LogP contribution in [-0.4, -0.2) is 37.5 Å². The van der Waals surface area contributed by atoms with E-state index < -0.39 is 0 Å². The minimum atomic E-state index is -0.299. The van der Waals surface area contributed by atoms with Crippen LogP contribution >= 0.6 is 0 Å². The van der Waals surface area contributed by atoms with Crippen LogP contribution in [0, 0.1) is 18.3 Å². The fourth-order valence-corrected chi connectivity index (χ4v) is 4.34. The van der Waals surface area contributed by atoms with Crippen LogP contribution in [0.1, 0.15) is 11.4 Å². The van der Waals surface area contributed by atoms with E-state index in [0.29, 0.717) is 28.2 Å². The normalized spacial score (nSPS) is 10.6. The maximum absolute atomic E-state index is 11.7. The second-order valence-electron chi connectivity index (χ2n) is 8.53. The smallest absolute Gasteiger partial charge is 0.322 e. The van der Waals surface area contributed by atoms with Crippen LogP contribution in [0.4, 0.5) is 5.69 Å². The molecule has 1 amide bonds. The standard InChI is InChI=1S/C29H23N7O3/c1-5-24(37)35-20-9-6-18(7-10-20)27-25(26-21(15-30)32-16-33-28(26)36(27)3)19-8-11-22(23(14-19)38-4)39-29-31-13-12-17(2)34-29/h5-14,16H,1H2,2-4H3,(H,35,37). The number of nitrogens with zero attached hydrogens (tertiary/aromatic N) is 6. The van der Waals surface area contributed by atoms with Crippen molar-refractivity contribution in [2.45, 2.75) is 6.92 Å². The zero-order valence-electron chi connectivity index (χ0n) is 21.5. The van der Waals surface area contributed by atoms with Gasteiger partial charge in [0.15, 0.2) is 17.2 Å². The van der Waals surface area contributed by atoms with Crippen LogP contribution in [0.2, 0.25) is 0 Å². The van der Waals surface area contributed by atoms with Crippen LogP contribution in [0.3, 0.4) is 0 Å². The van der Waals surface area contributed by atoms with E-state index in [1.165, 1.54) is 12.4 Å². The number of methoxy groups -OCH3 is 1. The Morgan fingerprint density at radius 2 is 1.85 bits per heavy atom. The number of benzene rings is 2. The van der Waals surface area contributed by atoms with E-state index in [1.807, 2.05) is 42.8 Å². The SMILES string of the molecule is C=CC(=O)Nc1ccc(-c2c(-c3ccc(Oc4nccc(C)n4)c(OC)c3)c3c(C#N)ncnc3n2C)cc1. The Morgan fingerprint density at radius 3 is 2.54 bits per heavy atom. The van der Waals surface area contributed by atoms with Gasteiger partial charge in [-0.15, -0.1) is 0 Å². The number of hydrogen-bond donors (Lipinski definition) is 1. The van der Waals surface area contributed by atoms with Gasteiger partial charge < -0.3 is 19.4 Å². The highest BCUT2D eigenvalue weighted by Crippen LogP contribution is 2.43. The molecule has 0 saturated heterocycles. The summed E-state index contributed by atoms with van der Waals surface area (Å²) in [4.78, 5) is 28.9. The first-order valence-corrected chi connectivity index (χ1v) is 11.9. The molecule has 10 heteroatoms. The molecule has 0 aliphatic carbocycles. The number of amides is 1. The van der Waals surface area contributed by atoms with Gasteiger partial charge in [-0.05, 0) is 54.5 Å². The van der Waals surface area contributed by atoms with E-state index in [2.05, 4.69) is 37.9 Å². The summed E-state index contributed by atoms with van der Waals surface area (Å²) >= 11 is 0. The van der Waals surface area contributed by atoms with E-state index in [1.54, 1.807) is 37.6 Å². The maximum Gasteiger partial charge on any atom is 0.322 e. The first-order chi connectivity index (χ1) is 18.9. The molecule has 5 aromatic rings. The second-order valence-corrected chi connectivity index (χ2v) is 8.53. The first-order valence-electron chi connectivity index (χ1n) is 11.9. The number of rotatable bonds is 7. The summed E-state index contributed by atoms with van der Waals surface area (Å²) in [5, 5.41) is 13.3. The molecular formula is C29H23N7O3. The molecule has 3 aromatic heterocycles. The van der Waals surface area contributed by atoms with Gasteiger partial charge in [-0.2, -0.15) is 5.26 Å². The number of nitriles is 1. The molecular weight excluding hydrogens is 494 g/mol. The molecule has 0 aliphatic heterocycles. The average Bonchev–Trinajstić information content (AvgIpc) is 3.26. The Hall–Kier alpha value is -5.56. The third-order valence-corrected chi connectivity index (χ3v) is 6.11. The zero-order chi connectivity index (χ0) is 27.5. The van der Waals surface area contributed by atoms with Crippen molar-refractivity contribution in [1.82, 2.24) is 24.5 Å². The highest BCUT2D eigenvalue weighted by atomic mass is 16.5. The van der Waals surface area contributed by atoms with Gasteiger partial charge in [0.1, 0.15) is 18.0 Å². The van der Waals surface area contributed by atoms with Crippen molar-refractivity contribution in [1.29, 1.82) is 5.26 Å². The Balaban J connectivity index is 1.68. The first kappa shape index (κ1) is 25.1. The molecule has 3 heterocycles. The summed E-state index contributed by atoms with van der Waals surface area (Å²) in [5.41, 5.74) is 5.42. The average molecular weight is 518 g/mol. The molecule has 0 aliphatic rings. The molecule has 2 aromatic carbocycles. The molecule has 0 spiro atoms. The van der Waals surface area contributed by atoms with Crippen molar-refractivity contribution in [3.05, 3.63) is 85.1 Å². The number of aryl methyl sites for hydroxylation is 2. The number of ether oxygens (including phenoxy) is 2. The molecule has 10 nitrogen and oxygen atoms in total. The lowest BCUT2D eigenvalue weighted by Gasteiger charge is -2.13. The lowest BCUT2D eigenvalue weighted by atomic mass is 9.97. The summed E-state index contributed by atoms with van der Waals surface area (Å²) < 4.78 is 13.5. The van der Waals surface area contributed by atoms with Crippen LogP contribution < -0.4 is 14.8 Å². The number of fused-ring (bicyclic) bond motifs is 1. The van der Waals surface area contributed by atoms with Gasteiger partial charge in [-0.3, -0.25) is 4.79 Å². The number of anilines is 1. The molecule has 1 N–H and O–H groups in total. The van der Waals surface area contributed by atoms with Gasteiger partial charge in [0.2, 0.25) is 5.91 Å². The monoisotopic (exact) mass is 517 g/mol. The molecule has 0 bridgehead atoms. The predicted molar refractivity (Wildman–Crippen MR) is 146 cm³/mol. The predicted octanol–water partition coefficient (Wildman–Crippen LogP) is 5.20. The van der Waals surface area contributed by atoms with E-state index in [9.17, 15) is 10.1 Å². The number of hydrogen-bond acceptors (Lipinski definition) is 8. The number of aromatic nitrogens is 5. The molecule has 0 radical (unpaired) electrons. The molecule has 0 atom stereocenters. The molecule has 0 fully saturated rings. The van der Waals surface area contributed by atoms with Gasteiger partial charge in [0.05, 0.1) is 18.2 Å². The van der Waals surface area contributed by atoms with Crippen molar-refractivity contribution >= 4 is 22.6 Å². The van der Waals surface area contributed by atoms with Gasteiger partial charge in [-0.1, -0.05) is 24.8 Å². The van der Waals surface area contributed by atoms with Gasteiger partial charge in [0.25, 0.3) is 0 Å². The third kappa shape index (κ3) is 4.76. The number of nitrogens with one attached hydrogen (secondary N) is 1.